The van der Waals surface area contributed by atoms with Crippen LogP contribution in [-0.2, 0) is 0 Å². The fourth-order valence-corrected chi connectivity index (χ4v) is 3.16. The molecule has 0 spiro atoms. The van der Waals surface area contributed by atoms with Crippen LogP contribution in [0.1, 0.15) is 34.3 Å². The van der Waals surface area contributed by atoms with Crippen LogP contribution in [0, 0.1) is 17.2 Å². The number of hydrogen-bond acceptors (Lipinski definition) is 4. The number of rotatable bonds is 5. The summed E-state index contributed by atoms with van der Waals surface area (Å²) in [6.45, 7) is 2.83. The van der Waals surface area contributed by atoms with E-state index in [-0.39, 0.29) is 5.56 Å². The van der Waals surface area contributed by atoms with E-state index < -0.39 is 5.97 Å². The van der Waals surface area contributed by atoms with Gasteiger partial charge in [-0.15, -0.1) is 0 Å². The zero-order valence-corrected chi connectivity index (χ0v) is 14.5. The maximum atomic E-state index is 11.5. The summed E-state index contributed by atoms with van der Waals surface area (Å²) in [5.74, 6) is -0.391. The number of nitrogens with zero attached hydrogens (tertiary/aromatic N) is 2. The highest BCUT2D eigenvalue weighted by Gasteiger charge is 2.12. The van der Waals surface area contributed by atoms with Crippen LogP contribution >= 0.6 is 0 Å². The lowest BCUT2D eigenvalue weighted by atomic mass is 9.98. The zero-order chi connectivity index (χ0) is 18.4. The predicted molar refractivity (Wildman–Crippen MR) is 102 cm³/mol. The van der Waals surface area contributed by atoms with Gasteiger partial charge in [0.15, 0.2) is 0 Å². The fourth-order valence-electron chi connectivity index (χ4n) is 3.16. The molecule has 0 aromatic heterocycles. The van der Waals surface area contributed by atoms with Gasteiger partial charge in [-0.1, -0.05) is 12.1 Å². The quantitative estimate of drug-likeness (QED) is 0.812. The molecule has 2 aromatic carbocycles. The van der Waals surface area contributed by atoms with Gasteiger partial charge >= 0.3 is 5.97 Å². The Bertz CT molecular complexity index is 862. The highest BCUT2D eigenvalue weighted by atomic mass is 16.4. The van der Waals surface area contributed by atoms with E-state index in [0.29, 0.717) is 11.5 Å². The molecule has 1 heterocycles. The number of piperidine rings is 1. The van der Waals surface area contributed by atoms with Gasteiger partial charge in [-0.05, 0) is 78.9 Å². The standard InChI is InChI=1S/C21H21N3O2/c22-12-16-2-1-3-18(8-16)19-9-17(10-20(11-19)21(25)26)14-24-13-15-4-6-23-7-5-15/h1-3,8-11,14-15,23H,4-7,13H2,(H,25,26). The first-order chi connectivity index (χ1) is 12.7. The van der Waals surface area contributed by atoms with Crippen molar-refractivity contribution in [1.82, 2.24) is 5.32 Å². The molecule has 1 aliphatic rings. The van der Waals surface area contributed by atoms with E-state index in [1.165, 1.54) is 0 Å². The Kier molecular flexibility index (Phi) is 5.77. The Hall–Kier alpha value is -2.97. The molecular weight excluding hydrogens is 326 g/mol. The number of aromatic carboxylic acids is 1. The Morgan fingerprint density at radius 2 is 2.04 bits per heavy atom. The average Bonchev–Trinajstić information content (AvgIpc) is 2.68. The molecule has 0 bridgehead atoms. The lowest BCUT2D eigenvalue weighted by Crippen LogP contribution is -2.28. The minimum Gasteiger partial charge on any atom is -0.478 e. The van der Waals surface area contributed by atoms with Crippen LogP contribution in [0.5, 0.6) is 0 Å². The molecule has 26 heavy (non-hydrogen) atoms. The second-order valence-corrected chi connectivity index (χ2v) is 6.53. The first-order valence-electron chi connectivity index (χ1n) is 8.75. The number of nitriles is 1. The van der Waals surface area contributed by atoms with Crippen molar-refractivity contribution in [2.24, 2.45) is 10.9 Å². The molecule has 132 valence electrons. The molecule has 3 rings (SSSR count). The number of nitrogens with one attached hydrogen (secondary N) is 1. The smallest absolute Gasteiger partial charge is 0.335 e. The van der Waals surface area contributed by atoms with Gasteiger partial charge in [-0.25, -0.2) is 4.79 Å². The summed E-state index contributed by atoms with van der Waals surface area (Å²) in [6.07, 6.45) is 4.00. The first kappa shape index (κ1) is 17.8. The molecular formula is C21H21N3O2. The van der Waals surface area contributed by atoms with Gasteiger partial charge in [-0.2, -0.15) is 5.26 Å². The lowest BCUT2D eigenvalue weighted by molar-refractivity contribution is 0.0697. The minimum absolute atomic E-state index is 0.216. The first-order valence-corrected chi connectivity index (χ1v) is 8.75. The van der Waals surface area contributed by atoms with E-state index in [9.17, 15) is 9.90 Å². The molecule has 2 aromatic rings. The third-order valence-corrected chi connectivity index (χ3v) is 4.59. The van der Waals surface area contributed by atoms with Crippen molar-refractivity contribution in [3.63, 3.8) is 0 Å². The van der Waals surface area contributed by atoms with Crippen LogP contribution in [0.3, 0.4) is 0 Å². The lowest BCUT2D eigenvalue weighted by Gasteiger charge is -2.20. The summed E-state index contributed by atoms with van der Waals surface area (Å²) in [5, 5.41) is 21.8. The largest absolute Gasteiger partial charge is 0.478 e. The van der Waals surface area contributed by atoms with Gasteiger partial charge in [0.25, 0.3) is 0 Å². The molecule has 0 amide bonds. The molecule has 0 saturated carbocycles. The van der Waals surface area contributed by atoms with E-state index in [1.54, 1.807) is 36.5 Å². The molecule has 0 unspecified atom stereocenters. The number of hydrogen-bond donors (Lipinski definition) is 2. The van der Waals surface area contributed by atoms with Crippen LogP contribution in [0.2, 0.25) is 0 Å². The molecule has 5 heteroatoms. The van der Waals surface area contributed by atoms with Crippen molar-refractivity contribution < 1.29 is 9.90 Å². The maximum absolute atomic E-state index is 11.5. The minimum atomic E-state index is -0.976. The number of carboxylic acids is 1. The Morgan fingerprint density at radius 3 is 2.77 bits per heavy atom. The summed E-state index contributed by atoms with van der Waals surface area (Å²) < 4.78 is 0. The highest BCUT2D eigenvalue weighted by Crippen LogP contribution is 2.23. The van der Waals surface area contributed by atoms with Gasteiger partial charge in [0.05, 0.1) is 17.2 Å². The number of aliphatic imine (C=N–C) groups is 1. The third-order valence-electron chi connectivity index (χ3n) is 4.59. The van der Waals surface area contributed by atoms with Crippen LogP contribution in [0.25, 0.3) is 11.1 Å². The Balaban J connectivity index is 1.86. The maximum Gasteiger partial charge on any atom is 0.335 e. The van der Waals surface area contributed by atoms with Gasteiger partial charge in [0.1, 0.15) is 0 Å². The Morgan fingerprint density at radius 1 is 1.23 bits per heavy atom. The van der Waals surface area contributed by atoms with Crippen LogP contribution in [0.4, 0.5) is 0 Å². The normalized spacial score (nSPS) is 15.0. The Labute approximate surface area is 153 Å². The topological polar surface area (TPSA) is 85.5 Å². The van der Waals surface area contributed by atoms with E-state index in [0.717, 1.165) is 49.2 Å². The summed E-state index contributed by atoms with van der Waals surface area (Å²) in [6, 6.07) is 14.4. The van der Waals surface area contributed by atoms with Crippen molar-refractivity contribution in [3.8, 4) is 17.2 Å². The monoisotopic (exact) mass is 347 g/mol. The zero-order valence-electron chi connectivity index (χ0n) is 14.5. The highest BCUT2D eigenvalue weighted by molar-refractivity contribution is 5.93. The molecule has 1 aliphatic heterocycles. The molecule has 0 radical (unpaired) electrons. The van der Waals surface area contributed by atoms with Crippen molar-refractivity contribution in [1.29, 1.82) is 5.26 Å². The molecule has 0 aliphatic carbocycles. The van der Waals surface area contributed by atoms with Crippen LogP contribution in [-0.4, -0.2) is 36.9 Å². The second-order valence-electron chi connectivity index (χ2n) is 6.53. The molecule has 1 fully saturated rings. The third kappa shape index (κ3) is 4.56. The van der Waals surface area contributed by atoms with Crippen molar-refractivity contribution in [2.75, 3.05) is 19.6 Å². The number of benzene rings is 2. The van der Waals surface area contributed by atoms with E-state index in [4.69, 9.17) is 5.26 Å². The van der Waals surface area contributed by atoms with Gasteiger partial charge in [-0.3, -0.25) is 4.99 Å². The van der Waals surface area contributed by atoms with E-state index >= 15 is 0 Å². The number of carboxylic acid groups (broad SMARTS) is 1. The van der Waals surface area contributed by atoms with Gasteiger partial charge < -0.3 is 10.4 Å². The predicted octanol–water partition coefficient (Wildman–Crippen LogP) is 3.34. The van der Waals surface area contributed by atoms with Crippen LogP contribution < -0.4 is 5.32 Å². The van der Waals surface area contributed by atoms with Crippen molar-refractivity contribution in [3.05, 3.63) is 59.2 Å². The van der Waals surface area contributed by atoms with Crippen molar-refractivity contribution >= 4 is 12.2 Å². The second kappa shape index (κ2) is 8.41. The fraction of sp³-hybridized carbons (Fsp3) is 0.286. The molecule has 2 N–H and O–H groups in total. The summed E-state index contributed by atoms with van der Waals surface area (Å²) in [4.78, 5) is 16.0. The van der Waals surface area contributed by atoms with Gasteiger partial charge in [0, 0.05) is 12.8 Å². The summed E-state index contributed by atoms with van der Waals surface area (Å²) in [7, 11) is 0. The van der Waals surface area contributed by atoms with Crippen molar-refractivity contribution in [2.45, 2.75) is 12.8 Å². The van der Waals surface area contributed by atoms with E-state index in [1.807, 2.05) is 12.1 Å². The molecule has 1 saturated heterocycles. The van der Waals surface area contributed by atoms with Crippen LogP contribution in [0.15, 0.2) is 47.5 Å². The molecule has 0 atom stereocenters. The summed E-state index contributed by atoms with van der Waals surface area (Å²) in [5.41, 5.74) is 3.11. The molecule has 5 nitrogen and oxygen atoms in total. The SMILES string of the molecule is N#Cc1cccc(-c2cc(C=NCC3CCNCC3)cc(C(=O)O)c2)c1. The summed E-state index contributed by atoms with van der Waals surface area (Å²) >= 11 is 0. The average molecular weight is 347 g/mol. The van der Waals surface area contributed by atoms with E-state index in [2.05, 4.69) is 16.4 Å². The number of carbonyl (C=O) groups is 1. The van der Waals surface area contributed by atoms with Gasteiger partial charge in [0.2, 0.25) is 0 Å².